The van der Waals surface area contributed by atoms with Gasteiger partial charge in [-0.15, -0.1) is 22.7 Å². The standard InChI is InChI=1S/C15H18BNO3S2/c1-9-12(16-19-14(2,3)15(4,5)20-16)22-13(17-9)11(18)10-7-6-8-21-10/h6-8H,1-5H3. The van der Waals surface area contributed by atoms with E-state index in [1.54, 1.807) is 0 Å². The van der Waals surface area contributed by atoms with E-state index in [1.807, 2.05) is 52.1 Å². The van der Waals surface area contributed by atoms with Crippen LogP contribution in [0.15, 0.2) is 17.5 Å². The number of hydrogen-bond acceptors (Lipinski definition) is 6. The molecule has 0 radical (unpaired) electrons. The summed E-state index contributed by atoms with van der Waals surface area (Å²) >= 11 is 2.79. The number of aromatic nitrogens is 1. The molecule has 7 heteroatoms. The van der Waals surface area contributed by atoms with Crippen LogP contribution < -0.4 is 4.78 Å². The minimum absolute atomic E-state index is 0.0362. The number of rotatable bonds is 3. The van der Waals surface area contributed by atoms with Crippen LogP contribution in [0.2, 0.25) is 0 Å². The molecule has 0 saturated carbocycles. The first kappa shape index (κ1) is 15.9. The summed E-state index contributed by atoms with van der Waals surface area (Å²) in [6.07, 6.45) is 0. The van der Waals surface area contributed by atoms with E-state index in [1.165, 1.54) is 22.7 Å². The number of hydrogen-bond donors (Lipinski definition) is 0. The first-order valence-corrected chi connectivity index (χ1v) is 8.82. The first-order valence-electron chi connectivity index (χ1n) is 7.12. The maximum Gasteiger partial charge on any atom is 0.507 e. The summed E-state index contributed by atoms with van der Waals surface area (Å²) in [4.78, 5) is 17.5. The zero-order valence-corrected chi connectivity index (χ0v) is 14.9. The van der Waals surface area contributed by atoms with Crippen LogP contribution in [0.4, 0.5) is 0 Å². The van der Waals surface area contributed by atoms with Crippen molar-refractivity contribution in [1.82, 2.24) is 4.98 Å². The molecule has 22 heavy (non-hydrogen) atoms. The average molecular weight is 335 g/mol. The fraction of sp³-hybridized carbons (Fsp3) is 0.467. The van der Waals surface area contributed by atoms with Crippen LogP contribution in [-0.4, -0.2) is 29.1 Å². The minimum atomic E-state index is -0.465. The second-order valence-corrected chi connectivity index (χ2v) is 8.34. The minimum Gasteiger partial charge on any atom is -0.399 e. The third-order valence-corrected chi connectivity index (χ3v) is 6.29. The number of nitrogens with zero attached hydrogens (tertiary/aromatic N) is 1. The lowest BCUT2D eigenvalue weighted by Gasteiger charge is -2.32. The van der Waals surface area contributed by atoms with Gasteiger partial charge in [0.25, 0.3) is 0 Å². The van der Waals surface area contributed by atoms with E-state index in [0.717, 1.165) is 10.5 Å². The van der Waals surface area contributed by atoms with Crippen LogP contribution in [0.1, 0.15) is 48.1 Å². The molecule has 2 aromatic heterocycles. The lowest BCUT2D eigenvalue weighted by molar-refractivity contribution is 0.00578. The molecule has 0 amide bonds. The molecule has 0 unspecified atom stereocenters. The van der Waals surface area contributed by atoms with Gasteiger partial charge in [-0.1, -0.05) is 6.07 Å². The van der Waals surface area contributed by atoms with Crippen LogP contribution in [-0.2, 0) is 9.31 Å². The fourth-order valence-electron chi connectivity index (χ4n) is 2.19. The third-order valence-electron chi connectivity index (χ3n) is 4.24. The molecular weight excluding hydrogens is 317 g/mol. The van der Waals surface area contributed by atoms with Crippen molar-refractivity contribution in [3.05, 3.63) is 33.1 Å². The van der Waals surface area contributed by atoms with Crippen molar-refractivity contribution in [2.45, 2.75) is 45.8 Å². The van der Waals surface area contributed by atoms with Gasteiger partial charge in [-0.3, -0.25) is 4.79 Å². The molecule has 0 aromatic carbocycles. The highest BCUT2D eigenvalue weighted by Gasteiger charge is 2.53. The lowest BCUT2D eigenvalue weighted by Crippen LogP contribution is -2.41. The van der Waals surface area contributed by atoms with E-state index in [9.17, 15) is 4.79 Å². The Morgan fingerprint density at radius 2 is 1.86 bits per heavy atom. The maximum absolute atomic E-state index is 12.4. The van der Waals surface area contributed by atoms with Gasteiger partial charge in [0.15, 0.2) is 5.01 Å². The van der Waals surface area contributed by atoms with Crippen molar-refractivity contribution in [3.63, 3.8) is 0 Å². The molecule has 0 aliphatic carbocycles. The predicted octanol–water partition coefficient (Wildman–Crippen LogP) is 3.04. The topological polar surface area (TPSA) is 48.4 Å². The second-order valence-electron chi connectivity index (χ2n) is 6.36. The van der Waals surface area contributed by atoms with Crippen molar-refractivity contribution in [2.24, 2.45) is 0 Å². The van der Waals surface area contributed by atoms with Gasteiger partial charge in [-0.2, -0.15) is 0 Å². The van der Waals surface area contributed by atoms with Crippen molar-refractivity contribution in [3.8, 4) is 0 Å². The number of thiophene rings is 1. The highest BCUT2D eigenvalue weighted by Crippen LogP contribution is 2.37. The highest BCUT2D eigenvalue weighted by atomic mass is 32.1. The number of carbonyl (C=O) groups is 1. The highest BCUT2D eigenvalue weighted by molar-refractivity contribution is 7.24. The van der Waals surface area contributed by atoms with Crippen molar-refractivity contribution in [2.75, 3.05) is 0 Å². The largest absolute Gasteiger partial charge is 0.507 e. The van der Waals surface area contributed by atoms with Gasteiger partial charge in [-0.05, 0) is 46.1 Å². The normalized spacial score (nSPS) is 19.6. The molecule has 0 bridgehead atoms. The Kier molecular flexibility index (Phi) is 3.80. The summed E-state index contributed by atoms with van der Waals surface area (Å²) in [5, 5.41) is 2.38. The van der Waals surface area contributed by atoms with Gasteiger partial charge in [0, 0.05) is 5.69 Å². The molecule has 3 heterocycles. The summed E-state index contributed by atoms with van der Waals surface area (Å²) < 4.78 is 13.0. The van der Waals surface area contributed by atoms with Crippen molar-refractivity contribution >= 4 is 40.4 Å². The van der Waals surface area contributed by atoms with E-state index in [2.05, 4.69) is 4.98 Å². The number of carbonyl (C=O) groups excluding carboxylic acids is 1. The Bertz CT molecular complexity index is 690. The Morgan fingerprint density at radius 3 is 2.41 bits per heavy atom. The number of ketones is 1. The molecule has 1 fully saturated rings. The summed E-state index contributed by atoms with van der Waals surface area (Å²) in [5.41, 5.74) is 0.00121. The van der Waals surface area contributed by atoms with Crippen LogP contribution in [0.3, 0.4) is 0 Å². The molecule has 2 aromatic rings. The van der Waals surface area contributed by atoms with E-state index in [-0.39, 0.29) is 5.78 Å². The van der Waals surface area contributed by atoms with Gasteiger partial charge in [-0.25, -0.2) is 4.98 Å². The number of aryl methyl sites for hydroxylation is 1. The summed E-state index contributed by atoms with van der Waals surface area (Å²) in [5.74, 6) is -0.0362. The first-order chi connectivity index (χ1) is 10.2. The van der Waals surface area contributed by atoms with Gasteiger partial charge >= 0.3 is 7.12 Å². The van der Waals surface area contributed by atoms with E-state index in [4.69, 9.17) is 9.31 Å². The number of thiazole rings is 1. The van der Waals surface area contributed by atoms with Crippen LogP contribution in [0.25, 0.3) is 0 Å². The zero-order valence-electron chi connectivity index (χ0n) is 13.3. The Morgan fingerprint density at radius 1 is 1.23 bits per heavy atom. The Balaban J connectivity index is 1.90. The summed E-state index contributed by atoms with van der Waals surface area (Å²) in [7, 11) is -0.465. The van der Waals surface area contributed by atoms with Crippen molar-refractivity contribution < 1.29 is 14.1 Å². The maximum atomic E-state index is 12.4. The molecule has 3 rings (SSSR count). The quantitative estimate of drug-likeness (QED) is 0.639. The molecule has 1 aliphatic rings. The molecule has 0 atom stereocenters. The van der Waals surface area contributed by atoms with Crippen LogP contribution >= 0.6 is 22.7 Å². The van der Waals surface area contributed by atoms with Crippen molar-refractivity contribution in [1.29, 1.82) is 0 Å². The van der Waals surface area contributed by atoms with E-state index >= 15 is 0 Å². The van der Waals surface area contributed by atoms with Gasteiger partial charge in [0.05, 0.1) is 20.9 Å². The molecular formula is C15H18BNO3S2. The van der Waals surface area contributed by atoms with Gasteiger partial charge in [0.1, 0.15) is 0 Å². The molecule has 116 valence electrons. The SMILES string of the molecule is Cc1nc(C(=O)c2cccs2)sc1B1OC(C)(C)C(C)(C)O1. The van der Waals surface area contributed by atoms with Gasteiger partial charge in [0.2, 0.25) is 5.78 Å². The predicted molar refractivity (Wildman–Crippen MR) is 90.3 cm³/mol. The monoisotopic (exact) mass is 335 g/mol. The summed E-state index contributed by atoms with van der Waals surface area (Å²) in [6.45, 7) is 9.95. The molecule has 1 saturated heterocycles. The summed E-state index contributed by atoms with van der Waals surface area (Å²) in [6, 6.07) is 3.69. The van der Waals surface area contributed by atoms with E-state index < -0.39 is 18.3 Å². The molecule has 0 N–H and O–H groups in total. The fourth-order valence-corrected chi connectivity index (χ4v) is 3.90. The Labute approximate surface area is 138 Å². The lowest BCUT2D eigenvalue weighted by atomic mass is 9.86. The molecule has 4 nitrogen and oxygen atoms in total. The third kappa shape index (κ3) is 2.56. The smallest absolute Gasteiger partial charge is 0.399 e. The second kappa shape index (κ2) is 5.27. The zero-order chi connectivity index (χ0) is 16.1. The van der Waals surface area contributed by atoms with E-state index in [0.29, 0.717) is 9.88 Å². The van der Waals surface area contributed by atoms with Crippen LogP contribution in [0, 0.1) is 6.92 Å². The Hall–Kier alpha value is -1.02. The van der Waals surface area contributed by atoms with Gasteiger partial charge < -0.3 is 9.31 Å². The average Bonchev–Trinajstić information content (AvgIpc) is 3.08. The molecule has 1 aliphatic heterocycles. The van der Waals surface area contributed by atoms with Crippen LogP contribution in [0.5, 0.6) is 0 Å². The molecule has 0 spiro atoms.